The summed E-state index contributed by atoms with van der Waals surface area (Å²) in [4.78, 5) is 19.0. The molecule has 5 aromatic rings. The third-order valence-electron chi connectivity index (χ3n) is 6.04. The molecule has 0 radical (unpaired) electrons. The molecule has 0 saturated heterocycles. The number of rotatable bonds is 8. The summed E-state index contributed by atoms with van der Waals surface area (Å²) in [6, 6.07) is 16.4. The zero-order valence-corrected chi connectivity index (χ0v) is 21.1. The average Bonchev–Trinajstić information content (AvgIpc) is 3.61. The van der Waals surface area contributed by atoms with Gasteiger partial charge in [-0.2, -0.15) is 25.4 Å². The lowest BCUT2D eigenvalue weighted by molar-refractivity contribution is -0.00177. The minimum absolute atomic E-state index is 0.181. The van der Waals surface area contributed by atoms with Gasteiger partial charge < -0.3 is 15.7 Å². The van der Waals surface area contributed by atoms with Crippen LogP contribution in [0.4, 0.5) is 15.8 Å². The van der Waals surface area contributed by atoms with E-state index in [2.05, 4.69) is 37.0 Å². The van der Waals surface area contributed by atoms with Crippen molar-refractivity contribution in [2.75, 3.05) is 11.9 Å². The van der Waals surface area contributed by atoms with Gasteiger partial charge in [0.05, 0.1) is 70.1 Å². The Balaban J connectivity index is 1.49. The van der Waals surface area contributed by atoms with E-state index in [1.165, 1.54) is 31.0 Å². The molecule has 5 rings (SSSR count). The number of aromatic nitrogens is 6. The molecule has 0 fully saturated rings. The summed E-state index contributed by atoms with van der Waals surface area (Å²) in [5, 5.41) is 37.4. The van der Waals surface area contributed by atoms with E-state index in [0.717, 1.165) is 5.69 Å². The fourth-order valence-electron chi connectivity index (χ4n) is 3.84. The number of nitrogens with one attached hydrogen (secondary N) is 2. The van der Waals surface area contributed by atoms with Crippen molar-refractivity contribution in [3.63, 3.8) is 0 Å². The Labute approximate surface area is 222 Å². The maximum atomic E-state index is 14.3. The number of nitrogens with zero attached hydrogens (tertiary/aromatic N) is 7. The second-order valence-corrected chi connectivity index (χ2v) is 9.35. The summed E-state index contributed by atoms with van der Waals surface area (Å²) in [5.41, 5.74) is 2.74. The summed E-state index contributed by atoms with van der Waals surface area (Å²) < 4.78 is 16.0. The first-order valence-electron chi connectivity index (χ1n) is 12.0. The van der Waals surface area contributed by atoms with Crippen LogP contribution in [0.5, 0.6) is 0 Å². The van der Waals surface area contributed by atoms with Crippen molar-refractivity contribution in [2.24, 2.45) is 0 Å². The maximum Gasteiger partial charge on any atom is 0.255 e. The highest BCUT2D eigenvalue weighted by atomic mass is 19.1. The molecule has 0 spiro atoms. The van der Waals surface area contributed by atoms with Crippen LogP contribution in [0.1, 0.15) is 29.8 Å². The molecule has 0 aliphatic rings. The number of pyridine rings is 1. The first-order chi connectivity index (χ1) is 18.7. The fraction of sp³-hybridized carbons (Fsp3) is 0.185. The zero-order valence-electron chi connectivity index (χ0n) is 21.1. The molecule has 0 aliphatic heterocycles. The van der Waals surface area contributed by atoms with Crippen LogP contribution in [0.2, 0.25) is 0 Å². The molecule has 4 heterocycles. The molecular weight excluding hydrogens is 501 g/mol. The highest BCUT2D eigenvalue weighted by molar-refractivity contribution is 6.00. The molecule has 39 heavy (non-hydrogen) atoms. The monoisotopic (exact) mass is 525 g/mol. The summed E-state index contributed by atoms with van der Waals surface area (Å²) in [5.74, 6) is -0.558. The molecule has 196 valence electrons. The number of amides is 1. The number of benzene rings is 1. The molecule has 1 atom stereocenters. The number of alkyl halides is 1. The van der Waals surface area contributed by atoms with Crippen LogP contribution >= 0.6 is 0 Å². The molecular formula is C27H24FN9O2. The van der Waals surface area contributed by atoms with Gasteiger partial charge in [-0.1, -0.05) is 0 Å². The predicted molar refractivity (Wildman–Crippen MR) is 141 cm³/mol. The maximum absolute atomic E-state index is 14.3. The summed E-state index contributed by atoms with van der Waals surface area (Å²) in [6.45, 7) is 2.31. The van der Waals surface area contributed by atoms with E-state index in [9.17, 15) is 14.3 Å². The number of nitriles is 1. The number of halogens is 1. The summed E-state index contributed by atoms with van der Waals surface area (Å²) in [6.07, 6.45) is 4.36. The zero-order chi connectivity index (χ0) is 27.6. The van der Waals surface area contributed by atoms with Gasteiger partial charge in [-0.15, -0.1) is 0 Å². The van der Waals surface area contributed by atoms with Crippen molar-refractivity contribution in [1.29, 1.82) is 5.26 Å². The van der Waals surface area contributed by atoms with E-state index in [1.54, 1.807) is 29.0 Å². The number of fused-ring (bicyclic) bond motifs is 1. The molecule has 11 nitrogen and oxygen atoms in total. The van der Waals surface area contributed by atoms with Gasteiger partial charge in [-0.25, -0.2) is 8.91 Å². The van der Waals surface area contributed by atoms with Crippen molar-refractivity contribution in [3.05, 3.63) is 84.4 Å². The average molecular weight is 526 g/mol. The third-order valence-corrected chi connectivity index (χ3v) is 6.04. The molecule has 1 aromatic carbocycles. The van der Waals surface area contributed by atoms with Gasteiger partial charge in [0, 0.05) is 11.9 Å². The summed E-state index contributed by atoms with van der Waals surface area (Å²) in [7, 11) is 0. The van der Waals surface area contributed by atoms with Crippen LogP contribution in [-0.2, 0) is 0 Å². The van der Waals surface area contributed by atoms with Crippen LogP contribution in [0, 0.1) is 11.3 Å². The number of carbonyl (C=O) groups excluding carboxylic acids is 1. The Bertz CT molecular complexity index is 1670. The standard InChI is InChI=1S/C27H24FN9O2/c1-27(2,39)25(28)16-31-26(38)21-15-30-23(24-8-7-20-11-17(13-29)14-34-36(20)24)12-22(21)35-18-3-5-19(6-4-18)37-32-9-10-33-37/h3-12,14-15,25,39H,16H2,1-2H3,(H,30,35)(H,31,38)/t25-/m1/s1. The summed E-state index contributed by atoms with van der Waals surface area (Å²) >= 11 is 0. The van der Waals surface area contributed by atoms with Gasteiger partial charge in [0.25, 0.3) is 5.91 Å². The van der Waals surface area contributed by atoms with Gasteiger partial charge in [0.1, 0.15) is 12.2 Å². The Morgan fingerprint density at radius 1 is 1.10 bits per heavy atom. The lowest BCUT2D eigenvalue weighted by Crippen LogP contribution is -2.42. The van der Waals surface area contributed by atoms with Crippen molar-refractivity contribution in [3.8, 4) is 23.1 Å². The highest BCUT2D eigenvalue weighted by Gasteiger charge is 2.27. The first kappa shape index (κ1) is 25.5. The molecule has 0 aliphatic carbocycles. The van der Waals surface area contributed by atoms with E-state index in [1.807, 2.05) is 36.4 Å². The van der Waals surface area contributed by atoms with E-state index in [0.29, 0.717) is 33.8 Å². The number of carbonyl (C=O) groups is 1. The molecule has 0 bridgehead atoms. The van der Waals surface area contributed by atoms with Crippen molar-refractivity contribution < 1.29 is 14.3 Å². The van der Waals surface area contributed by atoms with E-state index in [-0.39, 0.29) is 12.1 Å². The molecule has 1 amide bonds. The number of hydrogen-bond donors (Lipinski definition) is 3. The smallest absolute Gasteiger partial charge is 0.255 e. The van der Waals surface area contributed by atoms with Gasteiger partial charge in [-0.3, -0.25) is 9.78 Å². The Morgan fingerprint density at radius 2 is 1.85 bits per heavy atom. The second kappa shape index (κ2) is 10.3. The lowest BCUT2D eigenvalue weighted by atomic mass is 10.0. The highest BCUT2D eigenvalue weighted by Crippen LogP contribution is 2.28. The predicted octanol–water partition coefficient (Wildman–Crippen LogP) is 3.43. The molecule has 0 saturated carbocycles. The SMILES string of the molecule is CC(C)(O)[C@H](F)CNC(=O)c1cnc(-c2ccc3cc(C#N)cnn23)cc1Nc1ccc(-n2nccn2)cc1. The van der Waals surface area contributed by atoms with Crippen molar-refractivity contribution >= 4 is 22.8 Å². The topological polar surface area (TPSA) is 146 Å². The van der Waals surface area contributed by atoms with Gasteiger partial charge in [-0.05, 0) is 62.4 Å². The van der Waals surface area contributed by atoms with Crippen LogP contribution in [0.3, 0.4) is 0 Å². The minimum Gasteiger partial charge on any atom is -0.387 e. The lowest BCUT2D eigenvalue weighted by Gasteiger charge is -2.22. The van der Waals surface area contributed by atoms with Crippen LogP contribution in [0.25, 0.3) is 22.6 Å². The number of hydrogen-bond acceptors (Lipinski definition) is 8. The van der Waals surface area contributed by atoms with Gasteiger partial charge in [0.15, 0.2) is 0 Å². The van der Waals surface area contributed by atoms with Crippen molar-refractivity contribution in [1.82, 2.24) is 34.9 Å². The second-order valence-electron chi connectivity index (χ2n) is 9.35. The number of aliphatic hydroxyl groups is 1. The first-order valence-corrected chi connectivity index (χ1v) is 12.0. The van der Waals surface area contributed by atoms with Gasteiger partial charge in [0.2, 0.25) is 0 Å². The molecule has 4 aromatic heterocycles. The van der Waals surface area contributed by atoms with Gasteiger partial charge >= 0.3 is 0 Å². The molecule has 0 unspecified atom stereocenters. The Morgan fingerprint density at radius 3 is 2.54 bits per heavy atom. The Hall–Kier alpha value is -5.15. The largest absolute Gasteiger partial charge is 0.387 e. The quantitative estimate of drug-likeness (QED) is 0.279. The van der Waals surface area contributed by atoms with Crippen LogP contribution in [-0.4, -0.2) is 58.9 Å². The Kier molecular flexibility index (Phi) is 6.74. The normalized spacial score (nSPS) is 12.2. The fourth-order valence-corrected chi connectivity index (χ4v) is 3.84. The van der Waals surface area contributed by atoms with Crippen molar-refractivity contribution in [2.45, 2.75) is 25.6 Å². The van der Waals surface area contributed by atoms with E-state index < -0.39 is 17.7 Å². The van der Waals surface area contributed by atoms with E-state index in [4.69, 9.17) is 5.26 Å². The van der Waals surface area contributed by atoms with Crippen LogP contribution in [0.15, 0.2) is 73.3 Å². The molecule has 12 heteroatoms. The van der Waals surface area contributed by atoms with E-state index >= 15 is 0 Å². The number of anilines is 2. The third kappa shape index (κ3) is 5.43. The minimum atomic E-state index is -1.66. The van der Waals surface area contributed by atoms with Crippen LogP contribution < -0.4 is 10.6 Å². The molecule has 3 N–H and O–H groups in total.